The number of aliphatic imine (C=N–C) groups is 1. The fourth-order valence-electron chi connectivity index (χ4n) is 2.36. The molecule has 1 atom stereocenters. The van der Waals surface area contributed by atoms with Crippen molar-refractivity contribution in [1.82, 2.24) is 0 Å². The Morgan fingerprint density at radius 3 is 2.65 bits per heavy atom. The van der Waals surface area contributed by atoms with Gasteiger partial charge in [-0.1, -0.05) is 59.8 Å². The van der Waals surface area contributed by atoms with Crippen LogP contribution in [-0.2, 0) is 0 Å². The molecule has 0 spiro atoms. The van der Waals surface area contributed by atoms with Crippen LogP contribution in [0.15, 0.2) is 53.5 Å². The molecular formula is C17H18N2S. The molecule has 0 aromatic heterocycles. The van der Waals surface area contributed by atoms with Gasteiger partial charge in [0.25, 0.3) is 0 Å². The van der Waals surface area contributed by atoms with Crippen molar-refractivity contribution < 1.29 is 0 Å². The van der Waals surface area contributed by atoms with E-state index in [1.54, 1.807) is 11.8 Å². The SMILES string of the molecule is Cc1ccc(NC2=NC(c3ccccc3)CS2)c(C)c1. The van der Waals surface area contributed by atoms with Gasteiger partial charge in [-0.3, -0.25) is 4.99 Å². The molecule has 1 unspecified atom stereocenters. The highest BCUT2D eigenvalue weighted by Gasteiger charge is 2.20. The second-order valence-corrected chi connectivity index (χ2v) is 6.12. The third-order valence-electron chi connectivity index (χ3n) is 3.46. The summed E-state index contributed by atoms with van der Waals surface area (Å²) in [5, 5.41) is 4.47. The Balaban J connectivity index is 1.76. The zero-order valence-electron chi connectivity index (χ0n) is 11.8. The minimum atomic E-state index is 0.273. The molecule has 0 aliphatic carbocycles. The molecule has 1 aliphatic rings. The van der Waals surface area contributed by atoms with Crippen LogP contribution in [-0.4, -0.2) is 10.9 Å². The maximum Gasteiger partial charge on any atom is 0.161 e. The number of nitrogens with one attached hydrogen (secondary N) is 1. The summed E-state index contributed by atoms with van der Waals surface area (Å²) in [5.41, 5.74) is 4.99. The monoisotopic (exact) mass is 282 g/mol. The lowest BCUT2D eigenvalue weighted by Gasteiger charge is -2.09. The van der Waals surface area contributed by atoms with E-state index in [4.69, 9.17) is 4.99 Å². The van der Waals surface area contributed by atoms with E-state index in [1.165, 1.54) is 16.7 Å². The Hall–Kier alpha value is -1.74. The van der Waals surface area contributed by atoms with Gasteiger partial charge >= 0.3 is 0 Å². The van der Waals surface area contributed by atoms with Crippen molar-refractivity contribution in [2.75, 3.05) is 11.1 Å². The van der Waals surface area contributed by atoms with Gasteiger partial charge in [0.1, 0.15) is 0 Å². The van der Waals surface area contributed by atoms with E-state index in [0.29, 0.717) is 0 Å². The van der Waals surface area contributed by atoms with Crippen LogP contribution >= 0.6 is 11.8 Å². The molecule has 20 heavy (non-hydrogen) atoms. The Morgan fingerprint density at radius 2 is 1.90 bits per heavy atom. The molecule has 1 N–H and O–H groups in total. The molecule has 0 fully saturated rings. The summed E-state index contributed by atoms with van der Waals surface area (Å²) in [6.45, 7) is 4.24. The Bertz CT molecular complexity index is 635. The molecule has 2 nitrogen and oxygen atoms in total. The number of aryl methyl sites for hydroxylation is 2. The standard InChI is InChI=1S/C17H18N2S/c1-12-8-9-15(13(2)10-12)18-17-19-16(11-20-17)14-6-4-3-5-7-14/h3-10,16H,11H2,1-2H3,(H,18,19). The molecule has 1 heterocycles. The van der Waals surface area contributed by atoms with E-state index >= 15 is 0 Å². The first kappa shape index (κ1) is 13.3. The first-order chi connectivity index (χ1) is 9.72. The van der Waals surface area contributed by atoms with Crippen molar-refractivity contribution in [2.24, 2.45) is 4.99 Å². The molecule has 3 heteroatoms. The first-order valence-electron chi connectivity index (χ1n) is 6.82. The van der Waals surface area contributed by atoms with Gasteiger partial charge in [0, 0.05) is 11.4 Å². The lowest BCUT2D eigenvalue weighted by atomic mass is 10.1. The minimum absolute atomic E-state index is 0.273. The van der Waals surface area contributed by atoms with E-state index in [1.807, 2.05) is 6.07 Å². The number of anilines is 1. The summed E-state index contributed by atoms with van der Waals surface area (Å²) < 4.78 is 0. The summed E-state index contributed by atoms with van der Waals surface area (Å²) in [7, 11) is 0. The topological polar surface area (TPSA) is 24.4 Å². The number of hydrogen-bond acceptors (Lipinski definition) is 3. The quantitative estimate of drug-likeness (QED) is 0.873. The highest BCUT2D eigenvalue weighted by Crippen LogP contribution is 2.31. The molecule has 3 rings (SSSR count). The third kappa shape index (κ3) is 2.88. The number of thioether (sulfide) groups is 1. The van der Waals surface area contributed by atoms with Crippen LogP contribution < -0.4 is 5.32 Å². The van der Waals surface area contributed by atoms with Crippen LogP contribution in [0.25, 0.3) is 0 Å². The van der Waals surface area contributed by atoms with Gasteiger partial charge in [0.15, 0.2) is 5.17 Å². The van der Waals surface area contributed by atoms with Gasteiger partial charge in [-0.2, -0.15) is 0 Å². The number of nitrogens with zero attached hydrogens (tertiary/aromatic N) is 1. The van der Waals surface area contributed by atoms with Crippen LogP contribution in [0.4, 0.5) is 5.69 Å². The number of hydrogen-bond donors (Lipinski definition) is 1. The molecule has 0 amide bonds. The van der Waals surface area contributed by atoms with Gasteiger partial charge in [-0.05, 0) is 31.0 Å². The summed E-state index contributed by atoms with van der Waals surface area (Å²) in [4.78, 5) is 4.79. The van der Waals surface area contributed by atoms with Crippen LogP contribution in [0, 0.1) is 13.8 Å². The van der Waals surface area contributed by atoms with E-state index in [9.17, 15) is 0 Å². The van der Waals surface area contributed by atoms with Gasteiger partial charge in [-0.25, -0.2) is 0 Å². The number of benzene rings is 2. The Kier molecular flexibility index (Phi) is 3.79. The van der Waals surface area contributed by atoms with E-state index in [0.717, 1.165) is 16.6 Å². The lowest BCUT2D eigenvalue weighted by molar-refractivity contribution is 0.849. The molecular weight excluding hydrogens is 264 g/mol. The lowest BCUT2D eigenvalue weighted by Crippen LogP contribution is -2.06. The smallest absolute Gasteiger partial charge is 0.161 e. The zero-order chi connectivity index (χ0) is 13.9. The predicted octanol–water partition coefficient (Wildman–Crippen LogP) is 4.56. The summed E-state index contributed by atoms with van der Waals surface area (Å²) >= 11 is 1.79. The number of rotatable bonds is 2. The van der Waals surface area contributed by atoms with Crippen LogP contribution in [0.5, 0.6) is 0 Å². The molecule has 2 aromatic carbocycles. The average molecular weight is 282 g/mol. The maximum atomic E-state index is 4.79. The molecule has 1 aliphatic heterocycles. The highest BCUT2D eigenvalue weighted by atomic mass is 32.2. The second kappa shape index (κ2) is 5.71. The predicted molar refractivity (Wildman–Crippen MR) is 88.6 cm³/mol. The van der Waals surface area contributed by atoms with Crippen molar-refractivity contribution in [1.29, 1.82) is 0 Å². The molecule has 0 saturated carbocycles. The third-order valence-corrected chi connectivity index (χ3v) is 4.42. The van der Waals surface area contributed by atoms with Crippen molar-refractivity contribution in [3.05, 3.63) is 65.2 Å². The average Bonchev–Trinajstić information content (AvgIpc) is 2.92. The van der Waals surface area contributed by atoms with Crippen LogP contribution in [0.3, 0.4) is 0 Å². The second-order valence-electron chi connectivity index (χ2n) is 5.12. The van der Waals surface area contributed by atoms with Gasteiger partial charge < -0.3 is 5.32 Å². The zero-order valence-corrected chi connectivity index (χ0v) is 12.6. The van der Waals surface area contributed by atoms with Crippen LogP contribution in [0.2, 0.25) is 0 Å². The molecule has 2 aromatic rings. The summed E-state index contributed by atoms with van der Waals surface area (Å²) in [6.07, 6.45) is 0. The van der Waals surface area contributed by atoms with Gasteiger partial charge in [0.05, 0.1) is 6.04 Å². The molecule has 0 saturated heterocycles. The van der Waals surface area contributed by atoms with Gasteiger partial charge in [0.2, 0.25) is 0 Å². The summed E-state index contributed by atoms with van der Waals surface area (Å²) in [6, 6.07) is 17.2. The van der Waals surface area contributed by atoms with Crippen molar-refractivity contribution >= 4 is 22.6 Å². The van der Waals surface area contributed by atoms with E-state index in [2.05, 4.69) is 61.6 Å². The molecule has 0 radical (unpaired) electrons. The van der Waals surface area contributed by atoms with E-state index < -0.39 is 0 Å². The van der Waals surface area contributed by atoms with Crippen molar-refractivity contribution in [3.8, 4) is 0 Å². The van der Waals surface area contributed by atoms with E-state index in [-0.39, 0.29) is 6.04 Å². The Morgan fingerprint density at radius 1 is 1.10 bits per heavy atom. The van der Waals surface area contributed by atoms with Crippen LogP contribution in [0.1, 0.15) is 22.7 Å². The summed E-state index contributed by atoms with van der Waals surface area (Å²) in [5.74, 6) is 1.01. The molecule has 0 bridgehead atoms. The van der Waals surface area contributed by atoms with Crippen molar-refractivity contribution in [2.45, 2.75) is 19.9 Å². The highest BCUT2D eigenvalue weighted by molar-refractivity contribution is 8.14. The first-order valence-corrected chi connectivity index (χ1v) is 7.81. The fourth-order valence-corrected chi connectivity index (χ4v) is 3.32. The maximum absolute atomic E-state index is 4.79. The fraction of sp³-hybridized carbons (Fsp3) is 0.235. The Labute approximate surface area is 124 Å². The normalized spacial score (nSPS) is 17.9. The minimum Gasteiger partial charge on any atom is -0.335 e. The van der Waals surface area contributed by atoms with Crippen molar-refractivity contribution in [3.63, 3.8) is 0 Å². The van der Waals surface area contributed by atoms with Gasteiger partial charge in [-0.15, -0.1) is 0 Å². The number of amidine groups is 1. The molecule has 102 valence electrons. The largest absolute Gasteiger partial charge is 0.335 e.